The molecule has 3 aromatic heterocycles. The van der Waals surface area contributed by atoms with Crippen molar-refractivity contribution < 1.29 is 4.74 Å². The van der Waals surface area contributed by atoms with Crippen molar-refractivity contribution >= 4 is 31.8 Å². The molecule has 0 radical (unpaired) electrons. The summed E-state index contributed by atoms with van der Waals surface area (Å²) in [6.07, 6.45) is 9.69. The Morgan fingerprint density at radius 2 is 1.96 bits per heavy atom. The second kappa shape index (κ2) is 7.47. The minimum absolute atomic E-state index is 0.619. The van der Waals surface area contributed by atoms with Crippen LogP contribution in [0, 0.1) is 5.92 Å². The SMILES string of the molecule is CCCCOc1ncnc2c1sc1nc(CC(C)C)c3c(c12)CCCC3. The molecule has 1 aliphatic rings. The first kappa shape index (κ1) is 17.7. The highest BCUT2D eigenvalue weighted by molar-refractivity contribution is 7.25. The highest BCUT2D eigenvalue weighted by Gasteiger charge is 2.23. The summed E-state index contributed by atoms with van der Waals surface area (Å²) in [5.74, 6) is 1.34. The predicted octanol–water partition coefficient (Wildman–Crippen LogP) is 5.50. The fourth-order valence-electron chi connectivity index (χ4n) is 3.89. The van der Waals surface area contributed by atoms with Crippen LogP contribution in [0.2, 0.25) is 0 Å². The number of ether oxygens (including phenoxy) is 1. The summed E-state index contributed by atoms with van der Waals surface area (Å²) in [5.41, 5.74) is 5.31. The summed E-state index contributed by atoms with van der Waals surface area (Å²) in [6, 6.07) is 0. The average molecular weight is 370 g/mol. The van der Waals surface area contributed by atoms with Crippen LogP contribution in [0.15, 0.2) is 6.33 Å². The van der Waals surface area contributed by atoms with Crippen LogP contribution in [-0.4, -0.2) is 21.6 Å². The third kappa shape index (κ3) is 3.18. The van der Waals surface area contributed by atoms with E-state index in [0.717, 1.165) is 53.0 Å². The number of fused-ring (bicyclic) bond motifs is 5. The summed E-state index contributed by atoms with van der Waals surface area (Å²) in [5, 5.41) is 1.26. The van der Waals surface area contributed by atoms with Gasteiger partial charge in [-0.2, -0.15) is 0 Å². The minimum Gasteiger partial charge on any atom is -0.477 e. The van der Waals surface area contributed by atoms with Crippen LogP contribution in [0.5, 0.6) is 5.88 Å². The van der Waals surface area contributed by atoms with E-state index < -0.39 is 0 Å². The molecular weight excluding hydrogens is 342 g/mol. The van der Waals surface area contributed by atoms with Crippen molar-refractivity contribution in [2.24, 2.45) is 5.92 Å². The maximum absolute atomic E-state index is 5.96. The second-order valence-corrected chi connectivity index (χ2v) is 8.66. The van der Waals surface area contributed by atoms with Crippen molar-refractivity contribution in [1.82, 2.24) is 15.0 Å². The van der Waals surface area contributed by atoms with Crippen LogP contribution in [0.4, 0.5) is 0 Å². The van der Waals surface area contributed by atoms with Crippen molar-refractivity contribution in [2.75, 3.05) is 6.61 Å². The van der Waals surface area contributed by atoms with Gasteiger partial charge in [0.05, 0.1) is 12.1 Å². The molecule has 0 saturated heterocycles. The van der Waals surface area contributed by atoms with E-state index in [0.29, 0.717) is 12.5 Å². The van der Waals surface area contributed by atoms with Crippen molar-refractivity contribution in [1.29, 1.82) is 0 Å². The lowest BCUT2D eigenvalue weighted by atomic mass is 9.87. The summed E-state index contributed by atoms with van der Waals surface area (Å²) >= 11 is 1.70. The Kier molecular flexibility index (Phi) is 5.07. The third-order valence-corrected chi connectivity index (χ3v) is 6.17. The standard InChI is InChI=1S/C21H27N3OS/c1-4-5-10-25-20-19-18(22-12-23-20)17-15-9-7-6-8-14(15)16(11-13(2)3)24-21(17)26-19/h12-13H,4-11H2,1-3H3. The zero-order valence-electron chi connectivity index (χ0n) is 16.0. The number of pyridine rings is 1. The molecule has 1 aliphatic carbocycles. The summed E-state index contributed by atoms with van der Waals surface area (Å²) in [4.78, 5) is 15.2. The Morgan fingerprint density at radius 3 is 2.73 bits per heavy atom. The van der Waals surface area contributed by atoms with Gasteiger partial charge in [0.2, 0.25) is 5.88 Å². The largest absolute Gasteiger partial charge is 0.477 e. The van der Waals surface area contributed by atoms with Gasteiger partial charge in [-0.1, -0.05) is 27.2 Å². The normalized spacial score (nSPS) is 14.3. The molecule has 0 atom stereocenters. The number of rotatable bonds is 6. The maximum Gasteiger partial charge on any atom is 0.234 e. The van der Waals surface area contributed by atoms with Crippen LogP contribution in [-0.2, 0) is 19.3 Å². The number of hydrogen-bond acceptors (Lipinski definition) is 5. The molecule has 5 heteroatoms. The number of thiophene rings is 1. The van der Waals surface area contributed by atoms with E-state index >= 15 is 0 Å². The molecule has 0 N–H and O–H groups in total. The molecule has 0 aliphatic heterocycles. The molecular formula is C21H27N3OS. The average Bonchev–Trinajstić information content (AvgIpc) is 3.01. The first-order valence-electron chi connectivity index (χ1n) is 9.89. The van der Waals surface area contributed by atoms with Crippen LogP contribution < -0.4 is 4.74 Å². The number of unbranched alkanes of at least 4 members (excludes halogenated alkanes) is 1. The molecule has 138 valence electrons. The van der Waals surface area contributed by atoms with Crippen LogP contribution in [0.25, 0.3) is 20.4 Å². The summed E-state index contributed by atoms with van der Waals surface area (Å²) in [6.45, 7) is 7.43. The van der Waals surface area contributed by atoms with E-state index in [1.165, 1.54) is 35.0 Å². The molecule has 3 heterocycles. The van der Waals surface area contributed by atoms with E-state index in [2.05, 4.69) is 30.7 Å². The lowest BCUT2D eigenvalue weighted by Crippen LogP contribution is -2.11. The Hall–Kier alpha value is -1.75. The molecule has 0 unspecified atom stereocenters. The third-order valence-electron chi connectivity index (χ3n) is 5.11. The lowest BCUT2D eigenvalue weighted by molar-refractivity contribution is 0.302. The van der Waals surface area contributed by atoms with Gasteiger partial charge in [-0.05, 0) is 55.6 Å². The van der Waals surface area contributed by atoms with E-state index in [9.17, 15) is 0 Å². The van der Waals surface area contributed by atoms with Crippen LogP contribution >= 0.6 is 11.3 Å². The van der Waals surface area contributed by atoms with Gasteiger partial charge in [0, 0.05) is 11.1 Å². The minimum atomic E-state index is 0.619. The van der Waals surface area contributed by atoms with E-state index in [-0.39, 0.29) is 0 Å². The predicted molar refractivity (Wildman–Crippen MR) is 108 cm³/mol. The van der Waals surface area contributed by atoms with Gasteiger partial charge in [-0.15, -0.1) is 11.3 Å². The summed E-state index contributed by atoms with van der Waals surface area (Å²) in [7, 11) is 0. The van der Waals surface area contributed by atoms with Crippen molar-refractivity contribution in [3.8, 4) is 5.88 Å². The van der Waals surface area contributed by atoms with Gasteiger partial charge in [-0.3, -0.25) is 0 Å². The molecule has 4 nitrogen and oxygen atoms in total. The van der Waals surface area contributed by atoms with Gasteiger partial charge in [0.15, 0.2) is 0 Å². The van der Waals surface area contributed by atoms with Crippen molar-refractivity contribution in [3.63, 3.8) is 0 Å². The zero-order chi connectivity index (χ0) is 18.1. The van der Waals surface area contributed by atoms with E-state index in [1.54, 1.807) is 17.7 Å². The molecule has 0 aromatic carbocycles. The quantitative estimate of drug-likeness (QED) is 0.539. The monoisotopic (exact) mass is 369 g/mol. The number of hydrogen-bond donors (Lipinski definition) is 0. The molecule has 26 heavy (non-hydrogen) atoms. The Bertz CT molecular complexity index is 932. The summed E-state index contributed by atoms with van der Waals surface area (Å²) < 4.78 is 7.02. The number of aryl methyl sites for hydroxylation is 1. The molecule has 0 saturated carbocycles. The first-order chi connectivity index (χ1) is 12.7. The van der Waals surface area contributed by atoms with Gasteiger partial charge in [0.1, 0.15) is 15.9 Å². The Morgan fingerprint density at radius 1 is 1.15 bits per heavy atom. The topological polar surface area (TPSA) is 47.9 Å². The second-order valence-electron chi connectivity index (χ2n) is 7.66. The fourth-order valence-corrected chi connectivity index (χ4v) is 5.01. The van der Waals surface area contributed by atoms with E-state index in [4.69, 9.17) is 9.72 Å². The van der Waals surface area contributed by atoms with Gasteiger partial charge < -0.3 is 4.74 Å². The molecule has 0 fully saturated rings. The molecule has 0 bridgehead atoms. The first-order valence-corrected chi connectivity index (χ1v) is 10.7. The van der Waals surface area contributed by atoms with Gasteiger partial charge in [0.25, 0.3) is 0 Å². The van der Waals surface area contributed by atoms with Crippen molar-refractivity contribution in [3.05, 3.63) is 23.1 Å². The van der Waals surface area contributed by atoms with E-state index in [1.807, 2.05) is 0 Å². The zero-order valence-corrected chi connectivity index (χ0v) is 16.8. The highest BCUT2D eigenvalue weighted by Crippen LogP contribution is 2.41. The Balaban J connectivity index is 1.90. The molecule has 4 rings (SSSR count). The highest BCUT2D eigenvalue weighted by atomic mass is 32.1. The molecule has 0 spiro atoms. The fraction of sp³-hybridized carbons (Fsp3) is 0.571. The Labute approximate surface area is 159 Å². The number of nitrogens with zero attached hydrogens (tertiary/aromatic N) is 3. The van der Waals surface area contributed by atoms with Gasteiger partial charge in [-0.25, -0.2) is 15.0 Å². The molecule has 0 amide bonds. The lowest BCUT2D eigenvalue weighted by Gasteiger charge is -2.20. The van der Waals surface area contributed by atoms with Crippen molar-refractivity contribution in [2.45, 2.75) is 65.7 Å². The van der Waals surface area contributed by atoms with Gasteiger partial charge >= 0.3 is 0 Å². The smallest absolute Gasteiger partial charge is 0.234 e. The van der Waals surface area contributed by atoms with Crippen LogP contribution in [0.1, 0.15) is 63.3 Å². The number of aromatic nitrogens is 3. The maximum atomic E-state index is 5.96. The van der Waals surface area contributed by atoms with Crippen LogP contribution in [0.3, 0.4) is 0 Å². The molecule has 3 aromatic rings.